The zero-order valence-corrected chi connectivity index (χ0v) is 20.9. The van der Waals surface area contributed by atoms with E-state index in [1.807, 2.05) is 48.5 Å². The second kappa shape index (κ2) is 12.7. The van der Waals surface area contributed by atoms with E-state index in [4.69, 9.17) is 10.5 Å². The van der Waals surface area contributed by atoms with Crippen molar-refractivity contribution in [2.24, 2.45) is 5.73 Å². The molecule has 4 unspecified atom stereocenters. The van der Waals surface area contributed by atoms with Crippen LogP contribution in [0.2, 0.25) is 0 Å². The molecule has 2 saturated heterocycles. The van der Waals surface area contributed by atoms with Gasteiger partial charge in [-0.2, -0.15) is 0 Å². The Morgan fingerprint density at radius 1 is 1.18 bits per heavy atom. The number of aliphatic carboxylic acids is 1. The molecule has 2 aromatic rings. The summed E-state index contributed by atoms with van der Waals surface area (Å²) in [4.78, 5) is 25.9. The van der Waals surface area contributed by atoms with E-state index in [0.717, 1.165) is 18.7 Å². The SMILES string of the molecule is Cl.Cl.NC(C(=O)O)C1NC(OCc2ccccc2)C2(CCN(Cc3ccccc3)CC2=C=O)S1. The number of rotatable bonds is 7. The molecule has 1 spiro atoms. The number of likely N-dealkylation sites (tertiary alicyclic amines) is 1. The molecule has 2 aliphatic rings. The highest BCUT2D eigenvalue weighted by Crippen LogP contribution is 2.49. The van der Waals surface area contributed by atoms with Gasteiger partial charge in [-0.3, -0.25) is 15.0 Å². The predicted octanol–water partition coefficient (Wildman–Crippen LogP) is 2.85. The third kappa shape index (κ3) is 6.22. The minimum Gasteiger partial charge on any atom is -0.480 e. The van der Waals surface area contributed by atoms with E-state index in [2.05, 4.69) is 28.3 Å². The molecule has 0 radical (unpaired) electrons. The molecule has 2 heterocycles. The van der Waals surface area contributed by atoms with Gasteiger partial charge in [0.15, 0.2) is 0 Å². The molecule has 2 aromatic carbocycles. The number of halogens is 2. The summed E-state index contributed by atoms with van der Waals surface area (Å²) in [7, 11) is 0. The third-order valence-corrected chi connectivity index (χ3v) is 7.78. The number of nitrogens with zero attached hydrogens (tertiary/aromatic N) is 1. The van der Waals surface area contributed by atoms with Crippen LogP contribution in [-0.2, 0) is 27.5 Å². The topological polar surface area (TPSA) is 105 Å². The van der Waals surface area contributed by atoms with Crippen LogP contribution in [0.25, 0.3) is 0 Å². The van der Waals surface area contributed by atoms with Gasteiger partial charge < -0.3 is 15.6 Å². The van der Waals surface area contributed by atoms with Gasteiger partial charge in [-0.15, -0.1) is 36.6 Å². The van der Waals surface area contributed by atoms with Crippen LogP contribution in [0.3, 0.4) is 0 Å². The van der Waals surface area contributed by atoms with Gasteiger partial charge in [-0.1, -0.05) is 60.7 Å². The highest BCUT2D eigenvalue weighted by atomic mass is 35.5. The average molecular weight is 526 g/mol. The maximum Gasteiger partial charge on any atom is 0.323 e. The Kier molecular flexibility index (Phi) is 10.6. The Morgan fingerprint density at radius 2 is 1.79 bits per heavy atom. The smallest absolute Gasteiger partial charge is 0.323 e. The summed E-state index contributed by atoms with van der Waals surface area (Å²) >= 11 is 1.39. The molecule has 2 aliphatic heterocycles. The largest absolute Gasteiger partial charge is 0.480 e. The molecule has 10 heteroatoms. The number of nitrogens with two attached hydrogens (primary N) is 1. The number of hydrogen-bond acceptors (Lipinski definition) is 7. The summed E-state index contributed by atoms with van der Waals surface area (Å²) < 4.78 is 5.52. The van der Waals surface area contributed by atoms with Gasteiger partial charge in [-0.25, -0.2) is 4.79 Å². The molecule has 0 aromatic heterocycles. The number of carboxylic acids is 1. The van der Waals surface area contributed by atoms with E-state index < -0.39 is 28.4 Å². The van der Waals surface area contributed by atoms with Crippen molar-refractivity contribution in [1.82, 2.24) is 10.2 Å². The number of carboxylic acid groups (broad SMARTS) is 1. The highest BCUT2D eigenvalue weighted by molar-refractivity contribution is 8.01. The number of piperidine rings is 1. The molecule has 34 heavy (non-hydrogen) atoms. The van der Waals surface area contributed by atoms with Crippen molar-refractivity contribution in [3.8, 4) is 0 Å². The van der Waals surface area contributed by atoms with Crippen molar-refractivity contribution < 1.29 is 19.4 Å². The summed E-state index contributed by atoms with van der Waals surface area (Å²) in [6, 6.07) is 18.7. The van der Waals surface area contributed by atoms with Crippen molar-refractivity contribution in [1.29, 1.82) is 0 Å². The fourth-order valence-electron chi connectivity index (χ4n) is 4.28. The zero-order chi connectivity index (χ0) is 22.6. The lowest BCUT2D eigenvalue weighted by Gasteiger charge is -2.42. The maximum absolute atomic E-state index is 12.1. The number of thioether (sulfide) groups is 1. The van der Waals surface area contributed by atoms with Crippen LogP contribution in [-0.4, -0.2) is 57.4 Å². The summed E-state index contributed by atoms with van der Waals surface area (Å²) in [5.41, 5.74) is 8.69. The van der Waals surface area contributed by atoms with Gasteiger partial charge in [-0.05, 0) is 17.5 Å². The average Bonchev–Trinajstić information content (AvgIpc) is 3.18. The van der Waals surface area contributed by atoms with E-state index in [1.165, 1.54) is 17.3 Å². The normalized spacial score (nSPS) is 25.1. The summed E-state index contributed by atoms with van der Waals surface area (Å²) in [6.07, 6.45) is 0.0862. The van der Waals surface area contributed by atoms with Gasteiger partial charge in [0.25, 0.3) is 0 Å². The number of nitrogens with one attached hydrogen (secondary N) is 1. The first-order chi connectivity index (χ1) is 15.5. The number of hydrogen-bond donors (Lipinski definition) is 3. The van der Waals surface area contributed by atoms with Gasteiger partial charge in [0.1, 0.15) is 18.2 Å². The van der Waals surface area contributed by atoms with Crippen molar-refractivity contribution in [3.63, 3.8) is 0 Å². The predicted molar refractivity (Wildman–Crippen MR) is 138 cm³/mol. The molecular formula is C24H29Cl2N3O4S. The Hall–Kier alpha value is -1.87. The van der Waals surface area contributed by atoms with Crippen LogP contribution in [0.15, 0.2) is 66.2 Å². The molecule has 0 amide bonds. The quantitative estimate of drug-likeness (QED) is 0.474. The lowest BCUT2D eigenvalue weighted by atomic mass is 9.88. The number of carbonyl (C=O) groups excluding carboxylic acids is 1. The summed E-state index contributed by atoms with van der Waals surface area (Å²) in [5, 5.41) is 12.1. The Bertz CT molecular complexity index is 994. The molecule has 184 valence electrons. The van der Waals surface area contributed by atoms with Gasteiger partial charge in [0, 0.05) is 25.2 Å². The van der Waals surface area contributed by atoms with Gasteiger partial charge >= 0.3 is 5.97 Å². The van der Waals surface area contributed by atoms with Crippen LogP contribution < -0.4 is 11.1 Å². The first-order valence-electron chi connectivity index (χ1n) is 10.6. The number of ether oxygens (including phenoxy) is 1. The second-order valence-corrected chi connectivity index (χ2v) is 9.63. The molecule has 0 saturated carbocycles. The minimum atomic E-state index is -1.11. The number of benzene rings is 2. The van der Waals surface area contributed by atoms with Crippen LogP contribution in [0, 0.1) is 0 Å². The van der Waals surface area contributed by atoms with Crippen molar-refractivity contribution >= 4 is 48.5 Å². The fraction of sp³-hybridized carbons (Fsp3) is 0.375. The monoisotopic (exact) mass is 525 g/mol. The van der Waals surface area contributed by atoms with Crippen LogP contribution in [0.1, 0.15) is 17.5 Å². The first kappa shape index (κ1) is 28.4. The standard InChI is InChI=1S/C24H27N3O4S.2ClH/c25-20(22(29)30)21-26-23(31-16-18-9-5-2-6-10-18)24(32-21)11-12-27(14-19(24)15-28)13-17-7-3-1-4-8-17;;/h1-10,20-21,23,26H,11-14,16,25H2,(H,29,30);2*1H. The van der Waals surface area contributed by atoms with E-state index in [0.29, 0.717) is 25.1 Å². The van der Waals surface area contributed by atoms with Crippen LogP contribution in [0.4, 0.5) is 0 Å². The van der Waals surface area contributed by atoms with E-state index in [1.54, 1.807) is 0 Å². The van der Waals surface area contributed by atoms with E-state index >= 15 is 0 Å². The van der Waals surface area contributed by atoms with E-state index in [-0.39, 0.29) is 24.8 Å². The Morgan fingerprint density at radius 3 is 2.38 bits per heavy atom. The fourth-order valence-corrected chi connectivity index (χ4v) is 5.90. The lowest BCUT2D eigenvalue weighted by Crippen LogP contribution is -2.53. The highest BCUT2D eigenvalue weighted by Gasteiger charge is 2.55. The molecule has 4 N–H and O–H groups in total. The zero-order valence-electron chi connectivity index (χ0n) is 18.5. The molecule has 0 bridgehead atoms. The molecule has 7 nitrogen and oxygen atoms in total. The van der Waals surface area contributed by atoms with Crippen molar-refractivity contribution in [2.45, 2.75) is 42.0 Å². The van der Waals surface area contributed by atoms with Crippen LogP contribution in [0.5, 0.6) is 0 Å². The molecule has 4 atom stereocenters. The first-order valence-corrected chi connectivity index (χ1v) is 11.5. The second-order valence-electron chi connectivity index (χ2n) is 8.16. The molecule has 0 aliphatic carbocycles. The summed E-state index contributed by atoms with van der Waals surface area (Å²) in [6.45, 7) is 2.27. The Labute approximate surface area is 215 Å². The number of carbonyl (C=O) groups is 1. The van der Waals surface area contributed by atoms with Gasteiger partial charge in [0.2, 0.25) is 0 Å². The third-order valence-electron chi connectivity index (χ3n) is 6.01. The minimum absolute atomic E-state index is 0. The van der Waals surface area contributed by atoms with E-state index in [9.17, 15) is 14.7 Å². The molecule has 2 fully saturated rings. The van der Waals surface area contributed by atoms with Crippen LogP contribution >= 0.6 is 36.6 Å². The van der Waals surface area contributed by atoms with Gasteiger partial charge in [0.05, 0.1) is 16.7 Å². The maximum atomic E-state index is 12.1. The lowest BCUT2D eigenvalue weighted by molar-refractivity contribution is -0.138. The Balaban J connectivity index is 0.00000204. The molecule has 4 rings (SSSR count). The van der Waals surface area contributed by atoms with Crippen molar-refractivity contribution in [3.05, 3.63) is 77.4 Å². The molecular weight excluding hydrogens is 497 g/mol. The van der Waals surface area contributed by atoms with Crippen molar-refractivity contribution in [2.75, 3.05) is 13.1 Å². The summed E-state index contributed by atoms with van der Waals surface area (Å²) in [5.74, 6) is 1.07.